The molecule has 124 valence electrons. The molecule has 5 nitrogen and oxygen atoms in total. The number of rotatable bonds is 3. The van der Waals surface area contributed by atoms with Gasteiger partial charge in [-0.1, -0.05) is 24.3 Å². The highest BCUT2D eigenvalue weighted by atomic mass is 16.5. The zero-order chi connectivity index (χ0) is 17.3. The van der Waals surface area contributed by atoms with Crippen LogP contribution in [-0.4, -0.2) is 35.0 Å². The number of aliphatic carboxylic acids is 1. The molecule has 3 rings (SSSR count). The molecule has 0 aromatic heterocycles. The van der Waals surface area contributed by atoms with Crippen LogP contribution in [0.4, 0.5) is 0 Å². The summed E-state index contributed by atoms with van der Waals surface area (Å²) in [6, 6.07) is 12.0. The van der Waals surface area contributed by atoms with Crippen molar-refractivity contribution in [2.24, 2.45) is 0 Å². The van der Waals surface area contributed by atoms with Gasteiger partial charge in [0, 0.05) is 18.5 Å². The average Bonchev–Trinajstić information content (AvgIpc) is 2.59. The second-order valence-corrected chi connectivity index (χ2v) is 5.94. The number of carboxylic acids is 1. The third-order valence-corrected chi connectivity index (χ3v) is 4.46. The van der Waals surface area contributed by atoms with Crippen LogP contribution in [0.1, 0.15) is 27.0 Å². The van der Waals surface area contributed by atoms with Crippen molar-refractivity contribution < 1.29 is 19.4 Å². The molecular weight excluding hydrogens is 306 g/mol. The van der Waals surface area contributed by atoms with Crippen LogP contribution >= 0.6 is 0 Å². The maximum absolute atomic E-state index is 13.0. The number of nitrogens with zero attached hydrogens (tertiary/aromatic N) is 1. The molecule has 0 aliphatic carbocycles. The molecule has 1 aliphatic rings. The third kappa shape index (κ3) is 2.85. The van der Waals surface area contributed by atoms with Crippen molar-refractivity contribution in [2.45, 2.75) is 25.9 Å². The van der Waals surface area contributed by atoms with E-state index in [-0.39, 0.29) is 5.91 Å². The largest absolute Gasteiger partial charge is 0.497 e. The van der Waals surface area contributed by atoms with Gasteiger partial charge in [0.2, 0.25) is 0 Å². The first-order valence-corrected chi connectivity index (χ1v) is 7.76. The van der Waals surface area contributed by atoms with Crippen LogP contribution in [0, 0.1) is 6.92 Å². The number of ether oxygens (including phenoxy) is 1. The fourth-order valence-corrected chi connectivity index (χ4v) is 3.11. The molecule has 0 radical (unpaired) electrons. The predicted octanol–water partition coefficient (Wildman–Crippen LogP) is 2.66. The summed E-state index contributed by atoms with van der Waals surface area (Å²) in [4.78, 5) is 26.1. The summed E-state index contributed by atoms with van der Waals surface area (Å²) in [5, 5.41) is 9.57. The van der Waals surface area contributed by atoms with Gasteiger partial charge in [0.25, 0.3) is 5.91 Å². The smallest absolute Gasteiger partial charge is 0.326 e. The Hall–Kier alpha value is -2.82. The Balaban J connectivity index is 1.97. The van der Waals surface area contributed by atoms with E-state index in [0.717, 1.165) is 16.7 Å². The van der Waals surface area contributed by atoms with Crippen molar-refractivity contribution in [1.29, 1.82) is 0 Å². The summed E-state index contributed by atoms with van der Waals surface area (Å²) in [6.45, 7) is 2.13. The predicted molar refractivity (Wildman–Crippen MR) is 89.2 cm³/mol. The number of benzene rings is 2. The third-order valence-electron chi connectivity index (χ3n) is 4.46. The van der Waals surface area contributed by atoms with E-state index in [9.17, 15) is 14.7 Å². The van der Waals surface area contributed by atoms with Gasteiger partial charge in [0.1, 0.15) is 11.8 Å². The molecule has 5 heteroatoms. The Morgan fingerprint density at radius 1 is 1.17 bits per heavy atom. The fraction of sp³-hybridized carbons (Fsp3) is 0.263. The minimum atomic E-state index is -0.982. The molecular formula is C19H19NO4. The minimum absolute atomic E-state index is 0.267. The van der Waals surface area contributed by atoms with Gasteiger partial charge in [-0.25, -0.2) is 4.79 Å². The Labute approximate surface area is 140 Å². The summed E-state index contributed by atoms with van der Waals surface area (Å²) < 4.78 is 5.16. The molecule has 0 bridgehead atoms. The Kier molecular flexibility index (Phi) is 4.25. The lowest BCUT2D eigenvalue weighted by molar-refractivity contribution is -0.142. The van der Waals surface area contributed by atoms with E-state index >= 15 is 0 Å². The average molecular weight is 325 g/mol. The number of carboxylic acid groups (broad SMARTS) is 1. The summed E-state index contributed by atoms with van der Waals surface area (Å²) in [6.07, 6.45) is 0.326. The quantitative estimate of drug-likeness (QED) is 0.942. The number of carbonyl (C=O) groups excluding carboxylic acids is 1. The van der Waals surface area contributed by atoms with Gasteiger partial charge in [0.15, 0.2) is 0 Å². The maximum Gasteiger partial charge on any atom is 0.326 e. The van der Waals surface area contributed by atoms with Crippen molar-refractivity contribution in [3.63, 3.8) is 0 Å². The number of hydrogen-bond acceptors (Lipinski definition) is 3. The number of carbonyl (C=O) groups is 2. The number of methoxy groups -OCH3 is 1. The second-order valence-electron chi connectivity index (χ2n) is 5.94. The van der Waals surface area contributed by atoms with Gasteiger partial charge < -0.3 is 14.7 Å². The van der Waals surface area contributed by atoms with E-state index in [4.69, 9.17) is 4.74 Å². The van der Waals surface area contributed by atoms with E-state index in [2.05, 4.69) is 0 Å². The molecule has 1 heterocycles. The van der Waals surface area contributed by atoms with Crippen LogP contribution in [0.5, 0.6) is 5.75 Å². The molecule has 0 saturated carbocycles. The van der Waals surface area contributed by atoms with Crippen molar-refractivity contribution in [2.75, 3.05) is 7.11 Å². The maximum atomic E-state index is 13.0. The Morgan fingerprint density at radius 3 is 2.50 bits per heavy atom. The standard InChI is InChI=1S/C19H19NO4/c1-12-9-15(24-2)7-8-16(12)18(21)20-11-14-6-4-3-5-13(14)10-17(20)19(22)23/h3-9,17H,10-11H2,1-2H3,(H,22,23). The van der Waals surface area contributed by atoms with Crippen LogP contribution in [0.25, 0.3) is 0 Å². The molecule has 2 aromatic rings. The van der Waals surface area contributed by atoms with Crippen molar-refractivity contribution in [3.8, 4) is 5.75 Å². The van der Waals surface area contributed by atoms with E-state index in [1.807, 2.05) is 31.2 Å². The van der Waals surface area contributed by atoms with Gasteiger partial charge in [-0.2, -0.15) is 0 Å². The topological polar surface area (TPSA) is 66.8 Å². The van der Waals surface area contributed by atoms with E-state index in [1.165, 1.54) is 4.90 Å². The Morgan fingerprint density at radius 2 is 1.88 bits per heavy atom. The summed E-state index contributed by atoms with van der Waals surface area (Å²) in [5.41, 5.74) is 3.25. The lowest BCUT2D eigenvalue weighted by atomic mass is 9.93. The Bertz CT molecular complexity index is 800. The highest BCUT2D eigenvalue weighted by Gasteiger charge is 2.35. The molecule has 1 aliphatic heterocycles. The van der Waals surface area contributed by atoms with Gasteiger partial charge in [0.05, 0.1) is 7.11 Å². The normalized spacial score (nSPS) is 16.4. The lowest BCUT2D eigenvalue weighted by Crippen LogP contribution is -2.48. The summed E-state index contributed by atoms with van der Waals surface area (Å²) >= 11 is 0. The number of fused-ring (bicyclic) bond motifs is 1. The molecule has 1 N–H and O–H groups in total. The van der Waals surface area contributed by atoms with Gasteiger partial charge in [-0.15, -0.1) is 0 Å². The molecule has 2 aromatic carbocycles. The van der Waals surface area contributed by atoms with E-state index < -0.39 is 12.0 Å². The monoisotopic (exact) mass is 325 g/mol. The number of aryl methyl sites for hydroxylation is 1. The van der Waals surface area contributed by atoms with Crippen molar-refractivity contribution in [1.82, 2.24) is 4.90 Å². The van der Waals surface area contributed by atoms with Crippen molar-refractivity contribution in [3.05, 3.63) is 64.7 Å². The molecule has 0 saturated heterocycles. The van der Waals surface area contributed by atoms with Gasteiger partial charge in [-0.05, 0) is 41.8 Å². The van der Waals surface area contributed by atoms with E-state index in [0.29, 0.717) is 24.3 Å². The molecule has 0 fully saturated rings. The molecule has 24 heavy (non-hydrogen) atoms. The molecule has 1 unspecified atom stereocenters. The molecule has 1 atom stereocenters. The first-order chi connectivity index (χ1) is 11.5. The minimum Gasteiger partial charge on any atom is -0.497 e. The van der Waals surface area contributed by atoms with Gasteiger partial charge in [-0.3, -0.25) is 4.79 Å². The van der Waals surface area contributed by atoms with Gasteiger partial charge >= 0.3 is 5.97 Å². The first kappa shape index (κ1) is 16.1. The zero-order valence-corrected chi connectivity index (χ0v) is 13.7. The molecule has 0 spiro atoms. The highest BCUT2D eigenvalue weighted by Crippen LogP contribution is 2.27. The van der Waals surface area contributed by atoms with Crippen LogP contribution in [0.2, 0.25) is 0 Å². The first-order valence-electron chi connectivity index (χ1n) is 7.76. The van der Waals surface area contributed by atoms with E-state index in [1.54, 1.807) is 25.3 Å². The number of amides is 1. The second kappa shape index (κ2) is 6.35. The van der Waals surface area contributed by atoms with Crippen LogP contribution in [0.15, 0.2) is 42.5 Å². The zero-order valence-electron chi connectivity index (χ0n) is 13.7. The number of hydrogen-bond donors (Lipinski definition) is 1. The highest BCUT2D eigenvalue weighted by molar-refractivity contribution is 5.98. The SMILES string of the molecule is COc1ccc(C(=O)N2Cc3ccccc3CC2C(=O)O)c(C)c1. The van der Waals surface area contributed by atoms with Crippen molar-refractivity contribution >= 4 is 11.9 Å². The lowest BCUT2D eigenvalue weighted by Gasteiger charge is -2.34. The fourth-order valence-electron chi connectivity index (χ4n) is 3.11. The summed E-state index contributed by atoms with van der Waals surface area (Å²) in [5.74, 6) is -0.580. The van der Waals surface area contributed by atoms with Crippen LogP contribution in [0.3, 0.4) is 0 Å². The van der Waals surface area contributed by atoms with Crippen LogP contribution in [-0.2, 0) is 17.8 Å². The summed E-state index contributed by atoms with van der Waals surface area (Å²) in [7, 11) is 1.57. The van der Waals surface area contributed by atoms with Crippen LogP contribution < -0.4 is 4.74 Å². The molecule has 1 amide bonds.